The highest BCUT2D eigenvalue weighted by molar-refractivity contribution is 6.29. The molecule has 0 unspecified atom stereocenters. The van der Waals surface area contributed by atoms with Crippen LogP contribution in [0.25, 0.3) is 21.9 Å². The van der Waals surface area contributed by atoms with E-state index in [4.69, 9.17) is 11.6 Å². The molecular weight excluding hydrogens is 382 g/mol. The van der Waals surface area contributed by atoms with E-state index >= 15 is 0 Å². The molecule has 2 heterocycles. The summed E-state index contributed by atoms with van der Waals surface area (Å²) in [6.45, 7) is -0.213. The lowest BCUT2D eigenvalue weighted by Gasteiger charge is -2.09. The van der Waals surface area contributed by atoms with Gasteiger partial charge in [0, 0.05) is 19.8 Å². The maximum atomic E-state index is 12.6. The SMILES string of the molecule is Cn1c(=O)c2c(nc(Cl)n2CC(=O)Nc2ccc3ccccc3c2)n(C)c1=O. The van der Waals surface area contributed by atoms with Gasteiger partial charge in [-0.3, -0.25) is 23.3 Å². The van der Waals surface area contributed by atoms with Crippen LogP contribution in [0.1, 0.15) is 0 Å². The van der Waals surface area contributed by atoms with Gasteiger partial charge in [0.2, 0.25) is 11.2 Å². The average molecular weight is 398 g/mol. The molecule has 28 heavy (non-hydrogen) atoms. The normalized spacial score (nSPS) is 11.2. The summed E-state index contributed by atoms with van der Waals surface area (Å²) in [4.78, 5) is 41.2. The van der Waals surface area contributed by atoms with Crippen LogP contribution >= 0.6 is 11.6 Å². The quantitative estimate of drug-likeness (QED) is 0.534. The molecule has 0 saturated carbocycles. The Morgan fingerprint density at radius 2 is 1.79 bits per heavy atom. The van der Waals surface area contributed by atoms with Crippen LogP contribution in [0.3, 0.4) is 0 Å². The van der Waals surface area contributed by atoms with Crippen molar-refractivity contribution in [3.05, 3.63) is 68.6 Å². The van der Waals surface area contributed by atoms with Crippen molar-refractivity contribution >= 4 is 45.1 Å². The number of hydrogen-bond acceptors (Lipinski definition) is 4. The third kappa shape index (κ3) is 2.87. The molecule has 9 heteroatoms. The van der Waals surface area contributed by atoms with Gasteiger partial charge in [-0.25, -0.2) is 4.79 Å². The average Bonchev–Trinajstić information content (AvgIpc) is 3.01. The fourth-order valence-electron chi connectivity index (χ4n) is 3.18. The van der Waals surface area contributed by atoms with Crippen LogP contribution in [0.15, 0.2) is 52.1 Å². The van der Waals surface area contributed by atoms with Crippen molar-refractivity contribution in [2.45, 2.75) is 6.54 Å². The summed E-state index contributed by atoms with van der Waals surface area (Å²) in [6, 6.07) is 13.4. The molecule has 0 bridgehead atoms. The Labute approximate surface area is 163 Å². The zero-order chi connectivity index (χ0) is 20.0. The summed E-state index contributed by atoms with van der Waals surface area (Å²) in [7, 11) is 2.86. The fraction of sp³-hybridized carbons (Fsp3) is 0.158. The van der Waals surface area contributed by atoms with Gasteiger partial charge < -0.3 is 5.32 Å². The second-order valence-corrected chi connectivity index (χ2v) is 6.79. The number of benzene rings is 2. The Morgan fingerprint density at radius 3 is 2.54 bits per heavy atom. The van der Waals surface area contributed by atoms with E-state index in [1.807, 2.05) is 36.4 Å². The molecule has 1 N–H and O–H groups in total. The number of carbonyl (C=O) groups excluding carboxylic acids is 1. The van der Waals surface area contributed by atoms with Crippen molar-refractivity contribution in [2.75, 3.05) is 5.32 Å². The lowest BCUT2D eigenvalue weighted by Crippen LogP contribution is -2.37. The number of carbonyl (C=O) groups is 1. The molecule has 0 radical (unpaired) electrons. The molecule has 0 spiro atoms. The van der Waals surface area contributed by atoms with Gasteiger partial charge in [-0.1, -0.05) is 30.3 Å². The summed E-state index contributed by atoms with van der Waals surface area (Å²) in [6.07, 6.45) is 0. The highest BCUT2D eigenvalue weighted by Gasteiger charge is 2.19. The summed E-state index contributed by atoms with van der Waals surface area (Å²) < 4.78 is 3.48. The van der Waals surface area contributed by atoms with Crippen LogP contribution in [0.5, 0.6) is 0 Å². The summed E-state index contributed by atoms with van der Waals surface area (Å²) in [5.74, 6) is -0.368. The van der Waals surface area contributed by atoms with Crippen LogP contribution in [-0.4, -0.2) is 24.6 Å². The Morgan fingerprint density at radius 1 is 1.07 bits per heavy atom. The van der Waals surface area contributed by atoms with E-state index in [1.54, 1.807) is 6.07 Å². The zero-order valence-corrected chi connectivity index (χ0v) is 15.9. The first kappa shape index (κ1) is 18.0. The minimum Gasteiger partial charge on any atom is -0.325 e. The second kappa shape index (κ2) is 6.65. The first-order valence-electron chi connectivity index (χ1n) is 8.47. The number of aryl methyl sites for hydroxylation is 1. The molecule has 2 aromatic heterocycles. The molecule has 0 aliphatic rings. The number of nitrogens with one attached hydrogen (secondary N) is 1. The van der Waals surface area contributed by atoms with Crippen molar-refractivity contribution in [1.82, 2.24) is 18.7 Å². The number of anilines is 1. The second-order valence-electron chi connectivity index (χ2n) is 6.46. The first-order chi connectivity index (χ1) is 13.4. The third-order valence-corrected chi connectivity index (χ3v) is 4.92. The van der Waals surface area contributed by atoms with E-state index in [-0.39, 0.29) is 28.9 Å². The smallest absolute Gasteiger partial charge is 0.325 e. The molecule has 4 rings (SSSR count). The molecule has 142 valence electrons. The topological polar surface area (TPSA) is 90.9 Å². The summed E-state index contributed by atoms with van der Waals surface area (Å²) in [5, 5.41) is 4.82. The lowest BCUT2D eigenvalue weighted by molar-refractivity contribution is -0.116. The summed E-state index contributed by atoms with van der Waals surface area (Å²) >= 11 is 6.15. The van der Waals surface area contributed by atoms with Crippen LogP contribution in [-0.2, 0) is 25.4 Å². The van der Waals surface area contributed by atoms with Crippen LogP contribution < -0.4 is 16.6 Å². The highest BCUT2D eigenvalue weighted by atomic mass is 35.5. The molecule has 0 atom stereocenters. The van der Waals surface area contributed by atoms with Crippen molar-refractivity contribution in [3.8, 4) is 0 Å². The van der Waals surface area contributed by atoms with Gasteiger partial charge in [0.15, 0.2) is 11.2 Å². The maximum Gasteiger partial charge on any atom is 0.332 e. The number of halogens is 1. The molecule has 1 amide bonds. The molecule has 0 aliphatic carbocycles. The molecule has 0 saturated heterocycles. The van der Waals surface area contributed by atoms with Gasteiger partial charge in [0.25, 0.3) is 5.56 Å². The highest BCUT2D eigenvalue weighted by Crippen LogP contribution is 2.20. The Balaban J connectivity index is 1.69. The standard InChI is InChI=1S/C19H16ClN5O3/c1-23-16-15(17(27)24(2)19(23)28)25(18(20)22-16)10-14(26)21-13-8-7-11-5-3-4-6-12(11)9-13/h3-9H,10H2,1-2H3,(H,21,26). The van der Waals surface area contributed by atoms with E-state index in [2.05, 4.69) is 10.3 Å². The van der Waals surface area contributed by atoms with Crippen LogP contribution in [0.4, 0.5) is 5.69 Å². The number of amides is 1. The minimum absolute atomic E-state index is 0.0399. The van der Waals surface area contributed by atoms with Gasteiger partial charge >= 0.3 is 5.69 Å². The molecule has 0 fully saturated rings. The molecule has 8 nitrogen and oxygen atoms in total. The first-order valence-corrected chi connectivity index (χ1v) is 8.85. The number of imidazole rings is 1. The third-order valence-electron chi connectivity index (χ3n) is 4.64. The number of hydrogen-bond donors (Lipinski definition) is 1. The number of rotatable bonds is 3. The predicted molar refractivity (Wildman–Crippen MR) is 108 cm³/mol. The van der Waals surface area contributed by atoms with Crippen LogP contribution in [0, 0.1) is 0 Å². The lowest BCUT2D eigenvalue weighted by atomic mass is 10.1. The Kier molecular flexibility index (Phi) is 4.27. The molecular formula is C19H16ClN5O3. The predicted octanol–water partition coefficient (Wildman–Crippen LogP) is 1.88. The van der Waals surface area contributed by atoms with Crippen molar-refractivity contribution in [1.29, 1.82) is 0 Å². The zero-order valence-electron chi connectivity index (χ0n) is 15.1. The number of fused-ring (bicyclic) bond motifs is 2. The summed E-state index contributed by atoms with van der Waals surface area (Å²) in [5.41, 5.74) is -0.208. The van der Waals surface area contributed by atoms with Crippen molar-refractivity contribution in [3.63, 3.8) is 0 Å². The largest absolute Gasteiger partial charge is 0.332 e. The van der Waals surface area contributed by atoms with Gasteiger partial charge in [0.1, 0.15) is 6.54 Å². The van der Waals surface area contributed by atoms with E-state index in [0.717, 1.165) is 15.3 Å². The Bertz CT molecular complexity index is 1370. The fourth-order valence-corrected chi connectivity index (χ4v) is 3.40. The monoisotopic (exact) mass is 397 g/mol. The van der Waals surface area contributed by atoms with Gasteiger partial charge in [0.05, 0.1) is 0 Å². The van der Waals surface area contributed by atoms with Gasteiger partial charge in [-0.15, -0.1) is 0 Å². The number of aromatic nitrogens is 4. The van der Waals surface area contributed by atoms with E-state index in [9.17, 15) is 14.4 Å². The maximum absolute atomic E-state index is 12.6. The molecule has 2 aromatic carbocycles. The van der Waals surface area contributed by atoms with Crippen LogP contribution in [0.2, 0.25) is 5.28 Å². The molecule has 4 aromatic rings. The van der Waals surface area contributed by atoms with E-state index in [0.29, 0.717) is 5.69 Å². The number of nitrogens with zero attached hydrogens (tertiary/aromatic N) is 4. The van der Waals surface area contributed by atoms with Gasteiger partial charge in [-0.05, 0) is 34.5 Å². The minimum atomic E-state index is -0.559. The van der Waals surface area contributed by atoms with E-state index < -0.39 is 11.2 Å². The Hall–Kier alpha value is -3.39. The van der Waals surface area contributed by atoms with Crippen molar-refractivity contribution in [2.24, 2.45) is 14.1 Å². The molecule has 0 aliphatic heterocycles. The van der Waals surface area contributed by atoms with Gasteiger partial charge in [-0.2, -0.15) is 4.98 Å². The van der Waals surface area contributed by atoms with Crippen molar-refractivity contribution < 1.29 is 4.79 Å². The van der Waals surface area contributed by atoms with E-state index in [1.165, 1.54) is 23.2 Å².